The number of hydrogen-bond acceptors (Lipinski definition) is 4. The monoisotopic (exact) mass is 376 g/mol. The minimum Gasteiger partial charge on any atom is -0.430 e. The van der Waals surface area contributed by atoms with Gasteiger partial charge in [-0.05, 0) is 24.3 Å². The maximum absolute atomic E-state index is 12.7. The minimum absolute atomic E-state index is 0.437. The van der Waals surface area contributed by atoms with Crippen LogP contribution in [0.2, 0.25) is 10.0 Å². The first kappa shape index (κ1) is 17.5. The van der Waals surface area contributed by atoms with E-state index in [1.807, 2.05) is 6.07 Å². The first-order valence-electron chi connectivity index (χ1n) is 7.46. The highest BCUT2D eigenvalue weighted by Gasteiger charge is 2.32. The summed E-state index contributed by atoms with van der Waals surface area (Å²) < 4.78 is 5.11. The molecule has 0 aliphatic carbocycles. The second-order valence-electron chi connectivity index (χ2n) is 5.48. The number of likely N-dealkylation sites (N-methyl/N-ethyl adjacent to an activating group) is 1. The fourth-order valence-corrected chi connectivity index (χ4v) is 3.02. The Morgan fingerprint density at radius 3 is 2.56 bits per heavy atom. The van der Waals surface area contributed by atoms with E-state index < -0.39 is 18.1 Å². The average Bonchev–Trinajstić information content (AvgIpc) is 2.66. The summed E-state index contributed by atoms with van der Waals surface area (Å²) >= 11 is 12.5. The number of anilines is 1. The SMILES string of the molecule is CC(=O)OC1N=C(c2ccccc2Cl)c2cc(Cl)ccc2N(C)C1=O. The Hall–Kier alpha value is -2.37. The molecule has 1 aliphatic rings. The Morgan fingerprint density at radius 2 is 1.88 bits per heavy atom. The number of hydrogen-bond donors (Lipinski definition) is 0. The van der Waals surface area contributed by atoms with Gasteiger partial charge in [0.25, 0.3) is 12.1 Å². The minimum atomic E-state index is -1.29. The highest BCUT2D eigenvalue weighted by molar-refractivity contribution is 6.37. The summed E-state index contributed by atoms with van der Waals surface area (Å²) in [6.07, 6.45) is -1.29. The maximum Gasteiger partial charge on any atom is 0.305 e. The van der Waals surface area contributed by atoms with Crippen molar-refractivity contribution in [1.29, 1.82) is 0 Å². The molecular weight excluding hydrogens is 363 g/mol. The molecule has 128 valence electrons. The number of rotatable bonds is 2. The van der Waals surface area contributed by atoms with E-state index in [9.17, 15) is 9.59 Å². The van der Waals surface area contributed by atoms with Crippen LogP contribution in [0.1, 0.15) is 18.1 Å². The Bertz CT molecular complexity index is 896. The highest BCUT2D eigenvalue weighted by Crippen LogP contribution is 2.32. The Kier molecular flexibility index (Phi) is 4.79. The predicted molar refractivity (Wildman–Crippen MR) is 97.5 cm³/mol. The normalized spacial score (nSPS) is 16.8. The molecule has 7 heteroatoms. The van der Waals surface area contributed by atoms with Crippen LogP contribution >= 0.6 is 23.2 Å². The van der Waals surface area contributed by atoms with E-state index in [1.54, 1.807) is 43.4 Å². The zero-order chi connectivity index (χ0) is 18.1. The number of esters is 1. The van der Waals surface area contributed by atoms with Gasteiger partial charge in [-0.3, -0.25) is 9.59 Å². The van der Waals surface area contributed by atoms with Crippen molar-refractivity contribution in [3.63, 3.8) is 0 Å². The summed E-state index contributed by atoms with van der Waals surface area (Å²) in [5.41, 5.74) is 2.29. The molecule has 5 nitrogen and oxygen atoms in total. The molecule has 0 saturated carbocycles. The van der Waals surface area contributed by atoms with Gasteiger partial charge in [0.15, 0.2) is 0 Å². The number of aliphatic imine (C=N–C) groups is 1. The van der Waals surface area contributed by atoms with E-state index in [-0.39, 0.29) is 0 Å². The van der Waals surface area contributed by atoms with E-state index in [0.29, 0.717) is 32.6 Å². The number of ether oxygens (including phenoxy) is 1. The second-order valence-corrected chi connectivity index (χ2v) is 6.32. The Labute approximate surface area is 154 Å². The Morgan fingerprint density at radius 1 is 1.16 bits per heavy atom. The number of carbonyl (C=O) groups excluding carboxylic acids is 2. The summed E-state index contributed by atoms with van der Waals surface area (Å²) in [6, 6.07) is 12.2. The molecular formula is C18H14Cl2N2O3. The van der Waals surface area contributed by atoms with Crippen LogP contribution in [-0.2, 0) is 14.3 Å². The first-order valence-corrected chi connectivity index (χ1v) is 8.21. The van der Waals surface area contributed by atoms with Crippen LogP contribution in [0.15, 0.2) is 47.5 Å². The molecule has 0 radical (unpaired) electrons. The van der Waals surface area contributed by atoms with Gasteiger partial charge in [0, 0.05) is 35.1 Å². The van der Waals surface area contributed by atoms with Gasteiger partial charge in [-0.2, -0.15) is 0 Å². The molecule has 0 fully saturated rings. The van der Waals surface area contributed by atoms with Crippen molar-refractivity contribution in [3.05, 3.63) is 63.6 Å². The average molecular weight is 377 g/mol. The number of fused-ring (bicyclic) bond motifs is 1. The topological polar surface area (TPSA) is 59.0 Å². The standard InChI is InChI=1S/C18H14Cl2N2O3/c1-10(23)25-17-18(24)22(2)15-8-7-11(19)9-13(15)16(21-17)12-5-3-4-6-14(12)20/h3-9,17H,1-2H3. The maximum atomic E-state index is 12.7. The summed E-state index contributed by atoms with van der Waals surface area (Å²) in [5, 5.41) is 0.955. The number of halogens is 2. The van der Waals surface area contributed by atoms with Crippen LogP contribution in [0, 0.1) is 0 Å². The lowest BCUT2D eigenvalue weighted by atomic mass is 10.0. The Balaban J connectivity index is 2.28. The molecule has 25 heavy (non-hydrogen) atoms. The van der Waals surface area contributed by atoms with E-state index in [0.717, 1.165) is 0 Å². The third-order valence-electron chi connectivity index (χ3n) is 3.77. The molecule has 2 aromatic carbocycles. The van der Waals surface area contributed by atoms with Gasteiger partial charge in [0.1, 0.15) is 0 Å². The molecule has 0 saturated heterocycles. The molecule has 2 aromatic rings. The van der Waals surface area contributed by atoms with Crippen LogP contribution in [-0.4, -0.2) is 30.9 Å². The first-order chi connectivity index (χ1) is 11.9. The second kappa shape index (κ2) is 6.86. The number of nitrogens with zero attached hydrogens (tertiary/aromatic N) is 2. The third-order valence-corrected chi connectivity index (χ3v) is 4.33. The molecule has 0 spiro atoms. The molecule has 1 heterocycles. The van der Waals surface area contributed by atoms with Crippen LogP contribution < -0.4 is 4.90 Å². The number of carbonyl (C=O) groups is 2. The smallest absolute Gasteiger partial charge is 0.305 e. The van der Waals surface area contributed by atoms with E-state index in [4.69, 9.17) is 27.9 Å². The van der Waals surface area contributed by atoms with Crippen molar-refractivity contribution in [2.45, 2.75) is 13.2 Å². The summed E-state index contributed by atoms with van der Waals surface area (Å²) in [5.74, 6) is -1.06. The largest absolute Gasteiger partial charge is 0.430 e. The molecule has 3 rings (SSSR count). The van der Waals surface area contributed by atoms with Gasteiger partial charge in [-0.25, -0.2) is 4.99 Å². The predicted octanol–water partition coefficient (Wildman–Crippen LogP) is 3.70. The molecule has 1 unspecified atom stereocenters. The van der Waals surface area contributed by atoms with Crippen LogP contribution in [0.5, 0.6) is 0 Å². The van der Waals surface area contributed by atoms with Crippen LogP contribution in [0.25, 0.3) is 0 Å². The van der Waals surface area contributed by atoms with E-state index >= 15 is 0 Å². The van der Waals surface area contributed by atoms with Crippen molar-refractivity contribution in [3.8, 4) is 0 Å². The van der Waals surface area contributed by atoms with Crippen LogP contribution in [0.3, 0.4) is 0 Å². The zero-order valence-corrected chi connectivity index (χ0v) is 15.0. The number of amides is 1. The van der Waals surface area contributed by atoms with Gasteiger partial charge in [0.2, 0.25) is 0 Å². The van der Waals surface area contributed by atoms with Crippen molar-refractivity contribution < 1.29 is 14.3 Å². The van der Waals surface area contributed by atoms with Gasteiger partial charge in [-0.1, -0.05) is 41.4 Å². The van der Waals surface area contributed by atoms with Gasteiger partial charge in [-0.15, -0.1) is 0 Å². The van der Waals surface area contributed by atoms with E-state index in [1.165, 1.54) is 11.8 Å². The number of benzene rings is 2. The highest BCUT2D eigenvalue weighted by atomic mass is 35.5. The third kappa shape index (κ3) is 3.38. The van der Waals surface area contributed by atoms with Gasteiger partial charge in [0.05, 0.1) is 11.4 Å². The quantitative estimate of drug-likeness (QED) is 0.750. The van der Waals surface area contributed by atoms with Crippen molar-refractivity contribution in [2.24, 2.45) is 4.99 Å². The lowest BCUT2D eigenvalue weighted by molar-refractivity contribution is -0.152. The van der Waals surface area contributed by atoms with Crippen molar-refractivity contribution >= 4 is 46.5 Å². The summed E-state index contributed by atoms with van der Waals surface area (Å²) in [4.78, 5) is 29.9. The number of benzodiazepines with no additional fused rings is 1. The van der Waals surface area contributed by atoms with Crippen molar-refractivity contribution in [1.82, 2.24) is 0 Å². The lowest BCUT2D eigenvalue weighted by Crippen LogP contribution is -2.37. The molecule has 0 bridgehead atoms. The van der Waals surface area contributed by atoms with E-state index in [2.05, 4.69) is 4.99 Å². The molecule has 1 aliphatic heterocycles. The fraction of sp³-hybridized carbons (Fsp3) is 0.167. The molecule has 1 amide bonds. The van der Waals surface area contributed by atoms with Crippen molar-refractivity contribution in [2.75, 3.05) is 11.9 Å². The molecule has 0 N–H and O–H groups in total. The fourth-order valence-electron chi connectivity index (χ4n) is 2.62. The summed E-state index contributed by atoms with van der Waals surface area (Å²) in [6.45, 7) is 1.23. The van der Waals surface area contributed by atoms with Gasteiger partial charge < -0.3 is 9.64 Å². The molecule has 0 aromatic heterocycles. The molecule has 1 atom stereocenters. The van der Waals surface area contributed by atoms with Gasteiger partial charge >= 0.3 is 5.97 Å². The summed E-state index contributed by atoms with van der Waals surface area (Å²) in [7, 11) is 1.59. The van der Waals surface area contributed by atoms with Crippen LogP contribution in [0.4, 0.5) is 5.69 Å². The lowest BCUT2D eigenvalue weighted by Gasteiger charge is -2.20. The zero-order valence-electron chi connectivity index (χ0n) is 13.5.